The van der Waals surface area contributed by atoms with Crippen LogP contribution in [0.25, 0.3) is 0 Å². The topological polar surface area (TPSA) is 45.7 Å². The number of hydrogen-bond donors (Lipinski definition) is 2. The number of halogens is 1. The molecular weight excluding hydrogens is 305 g/mol. The first kappa shape index (κ1) is 18.7. The van der Waals surface area contributed by atoms with E-state index in [1.165, 1.54) is 25.7 Å². The summed E-state index contributed by atoms with van der Waals surface area (Å²) in [5, 5.41) is 6.72. The van der Waals surface area contributed by atoms with Crippen LogP contribution in [-0.2, 0) is 11.3 Å². The van der Waals surface area contributed by atoms with Crippen LogP contribution in [0.15, 0.2) is 23.2 Å². The molecule has 1 aromatic carbocycles. The summed E-state index contributed by atoms with van der Waals surface area (Å²) in [5.74, 6) is 0.599. The van der Waals surface area contributed by atoms with Crippen molar-refractivity contribution >= 4 is 5.96 Å². The zero-order valence-corrected chi connectivity index (χ0v) is 15.1. The molecule has 0 heterocycles. The number of nitrogens with zero attached hydrogens (tertiary/aromatic N) is 1. The molecule has 1 aliphatic carbocycles. The van der Waals surface area contributed by atoms with Gasteiger partial charge in [-0.15, -0.1) is 0 Å². The van der Waals surface area contributed by atoms with Crippen molar-refractivity contribution in [2.24, 2.45) is 10.4 Å². The van der Waals surface area contributed by atoms with Crippen LogP contribution in [0, 0.1) is 18.2 Å². The van der Waals surface area contributed by atoms with Crippen LogP contribution in [0.3, 0.4) is 0 Å². The second-order valence-electron chi connectivity index (χ2n) is 6.81. The van der Waals surface area contributed by atoms with Gasteiger partial charge in [-0.3, -0.25) is 4.99 Å². The second-order valence-corrected chi connectivity index (χ2v) is 6.81. The molecule has 2 rings (SSSR count). The Morgan fingerprint density at radius 2 is 2.04 bits per heavy atom. The molecule has 0 aromatic heterocycles. The van der Waals surface area contributed by atoms with Gasteiger partial charge >= 0.3 is 0 Å². The SMILES string of the molecule is CN=C(NCc1ccc(C)c(F)c1)NCC1(CCOC)CCCC1. The van der Waals surface area contributed by atoms with Crippen LogP contribution in [0.1, 0.15) is 43.2 Å². The van der Waals surface area contributed by atoms with Crippen molar-refractivity contribution in [3.63, 3.8) is 0 Å². The van der Waals surface area contributed by atoms with Crippen molar-refractivity contribution < 1.29 is 9.13 Å². The minimum absolute atomic E-state index is 0.165. The molecule has 0 atom stereocenters. The highest BCUT2D eigenvalue weighted by molar-refractivity contribution is 5.79. The Kier molecular flexibility index (Phi) is 7.03. The van der Waals surface area contributed by atoms with E-state index < -0.39 is 0 Å². The average molecular weight is 335 g/mol. The molecule has 0 radical (unpaired) electrons. The molecule has 2 N–H and O–H groups in total. The van der Waals surface area contributed by atoms with E-state index in [2.05, 4.69) is 15.6 Å². The van der Waals surface area contributed by atoms with Gasteiger partial charge in [-0.1, -0.05) is 25.0 Å². The lowest BCUT2D eigenvalue weighted by Crippen LogP contribution is -2.43. The third-order valence-corrected chi connectivity index (χ3v) is 5.05. The van der Waals surface area contributed by atoms with E-state index in [-0.39, 0.29) is 5.82 Å². The normalized spacial score (nSPS) is 17.1. The summed E-state index contributed by atoms with van der Waals surface area (Å²) in [6.07, 6.45) is 6.14. The van der Waals surface area contributed by atoms with Crippen molar-refractivity contribution in [1.82, 2.24) is 10.6 Å². The number of nitrogens with one attached hydrogen (secondary N) is 2. The molecule has 1 fully saturated rings. The molecule has 1 aliphatic rings. The first-order chi connectivity index (χ1) is 11.6. The molecule has 0 aliphatic heterocycles. The molecule has 134 valence electrons. The van der Waals surface area contributed by atoms with Crippen LogP contribution in [0.5, 0.6) is 0 Å². The Bertz CT molecular complexity index is 554. The van der Waals surface area contributed by atoms with Gasteiger partial charge in [0.1, 0.15) is 5.82 Å². The third kappa shape index (κ3) is 5.20. The summed E-state index contributed by atoms with van der Waals surface area (Å²) in [7, 11) is 3.53. The smallest absolute Gasteiger partial charge is 0.191 e. The van der Waals surface area contributed by atoms with E-state index in [0.717, 1.165) is 31.1 Å². The van der Waals surface area contributed by atoms with E-state index in [9.17, 15) is 4.39 Å². The molecule has 24 heavy (non-hydrogen) atoms. The summed E-state index contributed by atoms with van der Waals surface area (Å²) in [6.45, 7) is 4.03. The number of aryl methyl sites for hydroxylation is 1. The lowest BCUT2D eigenvalue weighted by molar-refractivity contribution is 0.138. The van der Waals surface area contributed by atoms with Crippen molar-refractivity contribution in [3.8, 4) is 0 Å². The number of ether oxygens (including phenoxy) is 1. The minimum Gasteiger partial charge on any atom is -0.385 e. The van der Waals surface area contributed by atoms with Crippen LogP contribution in [0.4, 0.5) is 4.39 Å². The number of rotatable bonds is 7. The van der Waals surface area contributed by atoms with Gasteiger partial charge in [0.2, 0.25) is 0 Å². The fraction of sp³-hybridized carbons (Fsp3) is 0.632. The fourth-order valence-electron chi connectivity index (χ4n) is 3.38. The second kappa shape index (κ2) is 9.02. The molecule has 0 spiro atoms. The van der Waals surface area contributed by atoms with E-state index >= 15 is 0 Å². The van der Waals surface area contributed by atoms with Crippen LogP contribution >= 0.6 is 0 Å². The molecule has 4 nitrogen and oxygen atoms in total. The maximum atomic E-state index is 13.6. The van der Waals surface area contributed by atoms with Crippen molar-refractivity contribution in [2.45, 2.75) is 45.6 Å². The Labute approximate surface area is 144 Å². The highest BCUT2D eigenvalue weighted by Crippen LogP contribution is 2.40. The Hall–Kier alpha value is -1.62. The van der Waals surface area contributed by atoms with Crippen LogP contribution in [0.2, 0.25) is 0 Å². The van der Waals surface area contributed by atoms with Gasteiger partial charge in [0.25, 0.3) is 0 Å². The maximum absolute atomic E-state index is 13.6. The molecule has 0 unspecified atom stereocenters. The third-order valence-electron chi connectivity index (χ3n) is 5.05. The maximum Gasteiger partial charge on any atom is 0.191 e. The molecule has 0 amide bonds. The van der Waals surface area contributed by atoms with E-state index in [1.807, 2.05) is 6.07 Å². The van der Waals surface area contributed by atoms with Gasteiger partial charge in [-0.05, 0) is 48.8 Å². The average Bonchev–Trinajstić information content (AvgIpc) is 3.05. The van der Waals surface area contributed by atoms with Crippen molar-refractivity contribution in [3.05, 3.63) is 35.1 Å². The molecular formula is C19H30FN3O. The molecule has 1 aromatic rings. The highest BCUT2D eigenvalue weighted by atomic mass is 19.1. The Morgan fingerprint density at radius 1 is 1.29 bits per heavy atom. The van der Waals surface area contributed by atoms with Crippen LogP contribution in [-0.4, -0.2) is 33.3 Å². The molecule has 0 bridgehead atoms. The minimum atomic E-state index is -0.165. The molecule has 0 saturated heterocycles. The molecule has 5 heteroatoms. The monoisotopic (exact) mass is 335 g/mol. The number of methoxy groups -OCH3 is 1. The molecule has 1 saturated carbocycles. The largest absolute Gasteiger partial charge is 0.385 e. The number of hydrogen-bond acceptors (Lipinski definition) is 2. The zero-order valence-electron chi connectivity index (χ0n) is 15.1. The number of guanidine groups is 1. The number of benzene rings is 1. The lowest BCUT2D eigenvalue weighted by Gasteiger charge is -2.30. The van der Waals surface area contributed by atoms with E-state index in [4.69, 9.17) is 4.74 Å². The van der Waals surface area contributed by atoms with Crippen LogP contribution < -0.4 is 10.6 Å². The highest BCUT2D eigenvalue weighted by Gasteiger charge is 2.33. The number of aliphatic imine (C=N–C) groups is 1. The van der Waals surface area contributed by atoms with Gasteiger partial charge in [0, 0.05) is 33.9 Å². The predicted molar refractivity (Wildman–Crippen MR) is 96.7 cm³/mol. The van der Waals surface area contributed by atoms with Gasteiger partial charge < -0.3 is 15.4 Å². The quantitative estimate of drug-likeness (QED) is 0.593. The zero-order chi connectivity index (χ0) is 17.4. The predicted octanol–water partition coefficient (Wildman–Crippen LogP) is 3.40. The van der Waals surface area contributed by atoms with Gasteiger partial charge in [-0.25, -0.2) is 4.39 Å². The van der Waals surface area contributed by atoms with Gasteiger partial charge in [-0.2, -0.15) is 0 Å². The summed E-state index contributed by atoms with van der Waals surface area (Å²) >= 11 is 0. The van der Waals surface area contributed by atoms with Gasteiger partial charge in [0.15, 0.2) is 5.96 Å². The summed E-state index contributed by atoms with van der Waals surface area (Å²) in [4.78, 5) is 4.28. The van der Waals surface area contributed by atoms with Gasteiger partial charge in [0.05, 0.1) is 0 Å². The standard InChI is InChI=1S/C19H30FN3O/c1-15-6-7-16(12-17(15)20)13-22-18(21-2)23-14-19(10-11-24-3)8-4-5-9-19/h6-7,12H,4-5,8-11,13-14H2,1-3H3,(H2,21,22,23). The summed E-state index contributed by atoms with van der Waals surface area (Å²) < 4.78 is 18.9. The Morgan fingerprint density at radius 3 is 2.67 bits per heavy atom. The lowest BCUT2D eigenvalue weighted by atomic mass is 9.83. The van der Waals surface area contributed by atoms with Crippen molar-refractivity contribution in [1.29, 1.82) is 0 Å². The summed E-state index contributed by atoms with van der Waals surface area (Å²) in [6, 6.07) is 5.32. The first-order valence-electron chi connectivity index (χ1n) is 8.77. The Balaban J connectivity index is 1.86. The van der Waals surface area contributed by atoms with Crippen molar-refractivity contribution in [2.75, 3.05) is 27.3 Å². The summed E-state index contributed by atoms with van der Waals surface area (Å²) in [5.41, 5.74) is 1.89. The first-order valence-corrected chi connectivity index (χ1v) is 8.77. The van der Waals surface area contributed by atoms with E-state index in [0.29, 0.717) is 17.5 Å². The van der Waals surface area contributed by atoms with E-state index in [1.54, 1.807) is 33.2 Å². The fourth-order valence-corrected chi connectivity index (χ4v) is 3.38.